The van der Waals surface area contributed by atoms with Crippen molar-refractivity contribution in [3.8, 4) is 5.75 Å². The molecule has 37 heavy (non-hydrogen) atoms. The van der Waals surface area contributed by atoms with Crippen LogP contribution in [0, 0.1) is 6.92 Å². The van der Waals surface area contributed by atoms with Gasteiger partial charge in [-0.15, -0.1) is 0 Å². The van der Waals surface area contributed by atoms with E-state index in [9.17, 15) is 9.59 Å². The van der Waals surface area contributed by atoms with Crippen LogP contribution < -0.4 is 20.3 Å². The van der Waals surface area contributed by atoms with Crippen LogP contribution in [-0.2, 0) is 0 Å². The molecule has 192 valence electrons. The smallest absolute Gasteiger partial charge is 0.261 e. The first-order valence-electron chi connectivity index (χ1n) is 11.6. The predicted molar refractivity (Wildman–Crippen MR) is 158 cm³/mol. The molecule has 10 heteroatoms. The van der Waals surface area contributed by atoms with Crippen molar-refractivity contribution in [2.24, 2.45) is 0 Å². The molecular formula is C27H26Br2N4O3S. The van der Waals surface area contributed by atoms with Crippen LogP contribution in [0.1, 0.15) is 26.3 Å². The third kappa shape index (κ3) is 6.49. The molecule has 1 heterocycles. The van der Waals surface area contributed by atoms with Crippen LogP contribution in [0.25, 0.3) is 0 Å². The molecule has 1 saturated heterocycles. The van der Waals surface area contributed by atoms with E-state index >= 15 is 0 Å². The lowest BCUT2D eigenvalue weighted by Gasteiger charge is -2.36. The summed E-state index contributed by atoms with van der Waals surface area (Å²) in [6.45, 7) is 4.80. The Bertz CT molecular complexity index is 1330. The lowest BCUT2D eigenvalue weighted by Crippen LogP contribution is -2.48. The van der Waals surface area contributed by atoms with E-state index < -0.39 is 0 Å². The van der Waals surface area contributed by atoms with Gasteiger partial charge < -0.3 is 19.9 Å². The summed E-state index contributed by atoms with van der Waals surface area (Å²) in [5.41, 5.74) is 3.93. The number of nitrogens with one attached hydrogen (secondary N) is 2. The molecule has 3 aromatic carbocycles. The van der Waals surface area contributed by atoms with Gasteiger partial charge in [-0.05, 0) is 83.1 Å². The van der Waals surface area contributed by atoms with E-state index in [0.717, 1.165) is 40.1 Å². The molecule has 7 nitrogen and oxygen atoms in total. The topological polar surface area (TPSA) is 73.9 Å². The molecule has 0 aliphatic carbocycles. The van der Waals surface area contributed by atoms with Crippen LogP contribution >= 0.6 is 44.1 Å². The van der Waals surface area contributed by atoms with Gasteiger partial charge in [0.15, 0.2) is 5.11 Å². The maximum absolute atomic E-state index is 12.9. The van der Waals surface area contributed by atoms with Gasteiger partial charge in [-0.25, -0.2) is 0 Å². The number of benzene rings is 3. The molecule has 4 rings (SSSR count). The average molecular weight is 646 g/mol. The van der Waals surface area contributed by atoms with E-state index in [2.05, 4.69) is 47.4 Å². The number of amides is 2. The zero-order chi connectivity index (χ0) is 26.5. The minimum absolute atomic E-state index is 0.0840. The Hall–Kier alpha value is -2.95. The fourth-order valence-corrected chi connectivity index (χ4v) is 5.77. The number of nitrogens with zero attached hydrogens (tertiary/aromatic N) is 2. The highest BCUT2D eigenvalue weighted by Gasteiger charge is 2.23. The third-order valence-corrected chi connectivity index (χ3v) is 7.37. The summed E-state index contributed by atoms with van der Waals surface area (Å²) in [5, 5.41) is 5.93. The fourth-order valence-electron chi connectivity index (χ4n) is 4.18. The Kier molecular flexibility index (Phi) is 8.83. The lowest BCUT2D eigenvalue weighted by molar-refractivity contribution is 0.0746. The van der Waals surface area contributed by atoms with Gasteiger partial charge in [0.25, 0.3) is 11.8 Å². The molecule has 1 aliphatic rings. The van der Waals surface area contributed by atoms with E-state index in [1.807, 2.05) is 60.4 Å². The number of hydrogen-bond donors (Lipinski definition) is 2. The minimum Gasteiger partial charge on any atom is -0.495 e. The average Bonchev–Trinajstić information content (AvgIpc) is 2.88. The first kappa shape index (κ1) is 27.1. The normalized spacial score (nSPS) is 13.2. The SMILES string of the molecule is COc1c(Br)cc(Br)cc1C(=O)NC(=S)Nc1ccc(N2CCN(C(=O)c3ccccc3C)CC2)cc1. The number of carbonyl (C=O) groups excluding carboxylic acids is 2. The molecule has 0 aromatic heterocycles. The maximum atomic E-state index is 12.9. The number of anilines is 2. The zero-order valence-electron chi connectivity index (χ0n) is 20.4. The van der Waals surface area contributed by atoms with Crippen LogP contribution in [0.5, 0.6) is 5.75 Å². The Balaban J connectivity index is 1.32. The highest BCUT2D eigenvalue weighted by molar-refractivity contribution is 9.11. The van der Waals surface area contributed by atoms with Crippen molar-refractivity contribution < 1.29 is 14.3 Å². The van der Waals surface area contributed by atoms with Crippen molar-refractivity contribution in [2.45, 2.75) is 6.92 Å². The van der Waals surface area contributed by atoms with E-state index in [1.54, 1.807) is 12.1 Å². The second-order valence-electron chi connectivity index (χ2n) is 8.52. The molecule has 0 spiro atoms. The van der Waals surface area contributed by atoms with E-state index in [0.29, 0.717) is 28.9 Å². The van der Waals surface area contributed by atoms with Crippen molar-refractivity contribution in [3.05, 3.63) is 86.3 Å². The van der Waals surface area contributed by atoms with Crippen LogP contribution in [0.15, 0.2) is 69.6 Å². The molecule has 1 aliphatic heterocycles. The van der Waals surface area contributed by atoms with Crippen molar-refractivity contribution in [1.29, 1.82) is 0 Å². The summed E-state index contributed by atoms with van der Waals surface area (Å²) < 4.78 is 6.74. The monoisotopic (exact) mass is 644 g/mol. The standard InChI is InChI=1S/C27H26Br2N4O3S/c1-17-5-3-4-6-21(17)26(35)33-13-11-32(12-14-33)20-9-7-19(8-10-20)30-27(37)31-25(34)22-15-18(28)16-23(29)24(22)36-2/h3-10,15-16H,11-14H2,1-2H3,(H2,30,31,34,37). The molecular weight excluding hydrogens is 620 g/mol. The highest BCUT2D eigenvalue weighted by Crippen LogP contribution is 2.32. The molecule has 0 atom stereocenters. The minimum atomic E-state index is -0.383. The van der Waals surface area contributed by atoms with Crippen molar-refractivity contribution >= 4 is 72.4 Å². The van der Waals surface area contributed by atoms with E-state index in [4.69, 9.17) is 17.0 Å². The number of thiocarbonyl (C=S) groups is 1. The van der Waals surface area contributed by atoms with Crippen LogP contribution in [0.4, 0.5) is 11.4 Å². The van der Waals surface area contributed by atoms with Crippen molar-refractivity contribution in [3.63, 3.8) is 0 Å². The van der Waals surface area contributed by atoms with Gasteiger partial charge in [0.05, 0.1) is 17.1 Å². The van der Waals surface area contributed by atoms with Crippen molar-refractivity contribution in [2.75, 3.05) is 43.5 Å². The first-order valence-corrected chi connectivity index (χ1v) is 13.6. The number of piperazine rings is 1. The van der Waals surface area contributed by atoms with Gasteiger partial charge in [-0.2, -0.15) is 0 Å². The number of rotatable bonds is 5. The fraction of sp³-hybridized carbons (Fsp3) is 0.222. The Morgan fingerprint density at radius 1 is 0.946 bits per heavy atom. The van der Waals surface area contributed by atoms with E-state index in [1.165, 1.54) is 7.11 Å². The number of ether oxygens (including phenoxy) is 1. The second-order valence-corrected chi connectivity index (χ2v) is 10.7. The molecule has 2 amide bonds. The van der Waals surface area contributed by atoms with Gasteiger partial charge in [0, 0.05) is 47.6 Å². The molecule has 0 saturated carbocycles. The lowest BCUT2D eigenvalue weighted by atomic mass is 10.1. The Labute approximate surface area is 238 Å². The Morgan fingerprint density at radius 3 is 2.27 bits per heavy atom. The summed E-state index contributed by atoms with van der Waals surface area (Å²) >= 11 is 12.1. The summed E-state index contributed by atoms with van der Waals surface area (Å²) in [5.74, 6) is 0.125. The number of carbonyl (C=O) groups is 2. The highest BCUT2D eigenvalue weighted by atomic mass is 79.9. The van der Waals surface area contributed by atoms with Gasteiger partial charge >= 0.3 is 0 Å². The quantitative estimate of drug-likeness (QED) is 0.351. The summed E-state index contributed by atoms with van der Waals surface area (Å²) in [4.78, 5) is 29.8. The molecule has 0 unspecified atom stereocenters. The second kappa shape index (κ2) is 12.1. The summed E-state index contributed by atoms with van der Waals surface area (Å²) in [7, 11) is 1.50. The Morgan fingerprint density at radius 2 is 1.62 bits per heavy atom. The summed E-state index contributed by atoms with van der Waals surface area (Å²) in [6, 6.07) is 19.0. The van der Waals surface area contributed by atoms with Gasteiger partial charge in [-0.1, -0.05) is 34.1 Å². The van der Waals surface area contributed by atoms with Crippen molar-refractivity contribution in [1.82, 2.24) is 10.2 Å². The first-order chi connectivity index (χ1) is 17.8. The van der Waals surface area contributed by atoms with E-state index in [-0.39, 0.29) is 16.9 Å². The molecule has 0 radical (unpaired) electrons. The van der Waals surface area contributed by atoms with Crippen LogP contribution in [0.2, 0.25) is 0 Å². The predicted octanol–water partition coefficient (Wildman–Crippen LogP) is 5.62. The molecule has 2 N–H and O–H groups in total. The van der Waals surface area contributed by atoms with Crippen LogP contribution in [0.3, 0.4) is 0 Å². The van der Waals surface area contributed by atoms with Gasteiger partial charge in [-0.3, -0.25) is 14.9 Å². The van der Waals surface area contributed by atoms with Gasteiger partial charge in [0.2, 0.25) is 0 Å². The van der Waals surface area contributed by atoms with Gasteiger partial charge in [0.1, 0.15) is 5.75 Å². The molecule has 1 fully saturated rings. The molecule has 3 aromatic rings. The number of aryl methyl sites for hydroxylation is 1. The molecule has 0 bridgehead atoms. The number of methoxy groups -OCH3 is 1. The zero-order valence-corrected chi connectivity index (χ0v) is 24.4. The van der Waals surface area contributed by atoms with Crippen LogP contribution in [-0.4, -0.2) is 55.1 Å². The largest absolute Gasteiger partial charge is 0.495 e. The summed E-state index contributed by atoms with van der Waals surface area (Å²) in [6.07, 6.45) is 0. The maximum Gasteiger partial charge on any atom is 0.261 e. The third-order valence-electron chi connectivity index (χ3n) is 6.12. The number of hydrogen-bond acceptors (Lipinski definition) is 5. The number of halogens is 2.